The Balaban J connectivity index is 2.03. The molecule has 1 saturated heterocycles. The quantitative estimate of drug-likeness (QED) is 0.588. The number of amides is 2. The summed E-state index contributed by atoms with van der Waals surface area (Å²) >= 11 is 0. The van der Waals surface area contributed by atoms with Crippen molar-refractivity contribution in [1.82, 2.24) is 10.2 Å². The van der Waals surface area contributed by atoms with E-state index < -0.39 is 29.7 Å². The van der Waals surface area contributed by atoms with Crippen LogP contribution in [0.1, 0.15) is 19.3 Å². The van der Waals surface area contributed by atoms with Gasteiger partial charge in [-0.05, 0) is 12.8 Å². The van der Waals surface area contributed by atoms with Crippen LogP contribution in [0.2, 0.25) is 0 Å². The van der Waals surface area contributed by atoms with Gasteiger partial charge in [-0.25, -0.2) is 4.79 Å². The van der Waals surface area contributed by atoms with Gasteiger partial charge in [-0.15, -0.1) is 0 Å². The van der Waals surface area contributed by atoms with Crippen LogP contribution in [0.3, 0.4) is 0 Å². The minimum atomic E-state index is -1.23. The third kappa shape index (κ3) is 2.17. The number of likely N-dealkylation sites (tertiary alicyclic amines) is 1. The van der Waals surface area contributed by atoms with Gasteiger partial charge < -0.3 is 15.5 Å². The number of aliphatic hydroxyl groups excluding tert-OH is 1. The first-order chi connectivity index (χ1) is 7.97. The van der Waals surface area contributed by atoms with Crippen molar-refractivity contribution in [3.8, 4) is 6.07 Å². The molecule has 0 aromatic rings. The van der Waals surface area contributed by atoms with Crippen LogP contribution in [0, 0.1) is 11.3 Å². The van der Waals surface area contributed by atoms with Gasteiger partial charge in [-0.1, -0.05) is 0 Å². The van der Waals surface area contributed by atoms with Crippen molar-refractivity contribution in [1.29, 1.82) is 5.26 Å². The van der Waals surface area contributed by atoms with Gasteiger partial charge in [0.05, 0.1) is 18.7 Å². The van der Waals surface area contributed by atoms with Crippen molar-refractivity contribution in [3.05, 3.63) is 0 Å². The maximum absolute atomic E-state index is 11.8. The monoisotopic (exact) mass is 239 g/mol. The number of hydrogen-bond donors (Lipinski definition) is 3. The lowest BCUT2D eigenvalue weighted by Crippen LogP contribution is -2.49. The number of β-amino-alcohol motifs (C(OH)–C–C–N with tert-alkyl or cyclic N) is 1. The van der Waals surface area contributed by atoms with Gasteiger partial charge in [-0.2, -0.15) is 5.26 Å². The molecule has 7 heteroatoms. The zero-order valence-corrected chi connectivity index (χ0v) is 9.09. The van der Waals surface area contributed by atoms with Crippen molar-refractivity contribution >= 4 is 12.0 Å². The molecule has 2 rings (SSSR count). The predicted molar refractivity (Wildman–Crippen MR) is 54.9 cm³/mol. The van der Waals surface area contributed by atoms with Gasteiger partial charge >= 0.3 is 6.09 Å². The van der Waals surface area contributed by atoms with Crippen molar-refractivity contribution in [2.24, 2.45) is 0 Å². The van der Waals surface area contributed by atoms with Gasteiger partial charge in [0.25, 0.3) is 0 Å². The Hall–Kier alpha value is -1.81. The van der Waals surface area contributed by atoms with Crippen LogP contribution < -0.4 is 5.32 Å². The maximum atomic E-state index is 11.8. The third-order valence-corrected chi connectivity index (χ3v) is 3.15. The number of nitrogens with zero attached hydrogens (tertiary/aromatic N) is 2. The average molecular weight is 239 g/mol. The number of carboxylic acid groups (broad SMARTS) is 1. The van der Waals surface area contributed by atoms with Crippen LogP contribution in [0.4, 0.5) is 4.79 Å². The van der Waals surface area contributed by atoms with E-state index in [-0.39, 0.29) is 13.0 Å². The zero-order chi connectivity index (χ0) is 12.6. The van der Waals surface area contributed by atoms with E-state index in [1.165, 1.54) is 0 Å². The first-order valence-electron chi connectivity index (χ1n) is 5.38. The van der Waals surface area contributed by atoms with E-state index in [0.29, 0.717) is 12.8 Å². The Morgan fingerprint density at radius 1 is 1.47 bits per heavy atom. The smallest absolute Gasteiger partial charge is 0.408 e. The number of hydrogen-bond acceptors (Lipinski definition) is 4. The molecule has 0 spiro atoms. The number of carbonyl (C=O) groups excluding carboxylic acids is 1. The molecule has 0 unspecified atom stereocenters. The molecule has 1 aliphatic carbocycles. The summed E-state index contributed by atoms with van der Waals surface area (Å²) < 4.78 is 0. The highest BCUT2D eigenvalue weighted by atomic mass is 16.4. The van der Waals surface area contributed by atoms with Crippen LogP contribution >= 0.6 is 0 Å². The van der Waals surface area contributed by atoms with Gasteiger partial charge in [-0.3, -0.25) is 9.69 Å². The molecule has 0 bridgehead atoms. The summed E-state index contributed by atoms with van der Waals surface area (Å²) in [5.74, 6) is -0.497. The molecule has 3 N–H and O–H groups in total. The third-order valence-electron chi connectivity index (χ3n) is 3.15. The minimum absolute atomic E-state index is 0.0625. The van der Waals surface area contributed by atoms with E-state index >= 15 is 0 Å². The van der Waals surface area contributed by atoms with Crippen LogP contribution in [-0.4, -0.2) is 51.3 Å². The second-order valence-corrected chi connectivity index (χ2v) is 4.52. The molecule has 17 heavy (non-hydrogen) atoms. The molecule has 1 saturated carbocycles. The predicted octanol–water partition coefficient (Wildman–Crippen LogP) is -0.728. The van der Waals surface area contributed by atoms with Gasteiger partial charge in [0, 0.05) is 6.42 Å². The van der Waals surface area contributed by atoms with Crippen LogP contribution in [0.25, 0.3) is 0 Å². The standard InChI is InChI=1S/C10H13N3O4/c11-5-10(1-2-10)12-8(15)7-3-6(14)4-13(7)9(16)17/h6-7,14H,1-4H2,(H,12,15)(H,16,17)/t6-,7+/m1/s1. The summed E-state index contributed by atoms with van der Waals surface area (Å²) in [5, 5.41) is 29.7. The highest BCUT2D eigenvalue weighted by Gasteiger charge is 2.48. The Morgan fingerprint density at radius 3 is 2.59 bits per heavy atom. The lowest BCUT2D eigenvalue weighted by molar-refractivity contribution is -0.125. The normalized spacial score (nSPS) is 29.5. The van der Waals surface area contributed by atoms with Crippen molar-refractivity contribution in [3.63, 3.8) is 0 Å². The summed E-state index contributed by atoms with van der Waals surface area (Å²) in [6, 6.07) is 1.11. The zero-order valence-electron chi connectivity index (χ0n) is 9.09. The van der Waals surface area contributed by atoms with Crippen molar-refractivity contribution < 1.29 is 19.8 Å². The fourth-order valence-corrected chi connectivity index (χ4v) is 1.98. The molecule has 1 aliphatic heterocycles. The highest BCUT2D eigenvalue weighted by molar-refractivity contribution is 5.87. The summed E-state index contributed by atoms with van der Waals surface area (Å²) in [7, 11) is 0. The molecule has 2 atom stereocenters. The van der Waals surface area contributed by atoms with Crippen molar-refractivity contribution in [2.45, 2.75) is 36.9 Å². The molecule has 0 radical (unpaired) electrons. The molecule has 0 aromatic heterocycles. The van der Waals surface area contributed by atoms with E-state index in [9.17, 15) is 14.7 Å². The molecule has 1 heterocycles. The highest BCUT2D eigenvalue weighted by Crippen LogP contribution is 2.34. The lowest BCUT2D eigenvalue weighted by Gasteiger charge is -2.21. The number of rotatable bonds is 2. The maximum Gasteiger partial charge on any atom is 0.408 e. The van der Waals surface area contributed by atoms with E-state index in [1.54, 1.807) is 0 Å². The number of aliphatic hydroxyl groups is 1. The molecule has 0 aromatic carbocycles. The van der Waals surface area contributed by atoms with Gasteiger partial charge in [0.2, 0.25) is 5.91 Å². The Kier molecular flexibility index (Phi) is 2.67. The fourth-order valence-electron chi connectivity index (χ4n) is 1.98. The molecular formula is C10H13N3O4. The average Bonchev–Trinajstić information content (AvgIpc) is 2.92. The number of carbonyl (C=O) groups is 2. The first kappa shape index (κ1) is 11.7. The Bertz CT molecular complexity index is 399. The molecule has 92 valence electrons. The Morgan fingerprint density at radius 2 is 2.12 bits per heavy atom. The lowest BCUT2D eigenvalue weighted by atomic mass is 10.1. The first-order valence-corrected chi connectivity index (χ1v) is 5.38. The second-order valence-electron chi connectivity index (χ2n) is 4.52. The summed E-state index contributed by atoms with van der Waals surface area (Å²) in [6.45, 7) is -0.0625. The largest absolute Gasteiger partial charge is 0.465 e. The minimum Gasteiger partial charge on any atom is -0.465 e. The summed E-state index contributed by atoms with van der Waals surface area (Å²) in [5.41, 5.74) is -0.811. The van der Waals surface area contributed by atoms with E-state index in [1.807, 2.05) is 6.07 Å². The molecular weight excluding hydrogens is 226 g/mol. The SMILES string of the molecule is N#CC1(NC(=O)[C@@H]2C[C@@H](O)CN2C(=O)O)CC1. The van der Waals surface area contributed by atoms with Crippen molar-refractivity contribution in [2.75, 3.05) is 6.54 Å². The number of nitrogens with one attached hydrogen (secondary N) is 1. The Labute approximate surface area is 97.6 Å². The molecule has 2 aliphatic rings. The fraction of sp³-hybridized carbons (Fsp3) is 0.700. The van der Waals surface area contributed by atoms with E-state index in [0.717, 1.165) is 4.90 Å². The second kappa shape index (κ2) is 3.89. The molecule has 7 nitrogen and oxygen atoms in total. The van der Waals surface area contributed by atoms with Crippen LogP contribution in [0.15, 0.2) is 0 Å². The van der Waals surface area contributed by atoms with Crippen LogP contribution in [-0.2, 0) is 4.79 Å². The topological polar surface area (TPSA) is 114 Å². The van der Waals surface area contributed by atoms with Crippen LogP contribution in [0.5, 0.6) is 0 Å². The van der Waals surface area contributed by atoms with Gasteiger partial charge in [0.1, 0.15) is 11.6 Å². The summed E-state index contributed by atoms with van der Waals surface area (Å²) in [6.07, 6.45) is -0.781. The van der Waals surface area contributed by atoms with E-state index in [2.05, 4.69) is 5.32 Å². The molecule has 2 amide bonds. The van der Waals surface area contributed by atoms with E-state index in [4.69, 9.17) is 10.4 Å². The summed E-state index contributed by atoms with van der Waals surface area (Å²) in [4.78, 5) is 23.6. The molecule has 2 fully saturated rings. The van der Waals surface area contributed by atoms with Gasteiger partial charge in [0.15, 0.2) is 0 Å². The number of nitriles is 1.